The Morgan fingerprint density at radius 3 is 1.43 bits per heavy atom. The van der Waals surface area contributed by atoms with Crippen LogP contribution < -0.4 is 22.5 Å². The minimum Gasteiger partial charge on any atom is -0.330 e. The fourth-order valence-corrected chi connectivity index (χ4v) is 1.98. The average Bonchev–Trinajstić information content (AvgIpc) is 2.61. The molecule has 0 heterocycles. The van der Waals surface area contributed by atoms with Crippen LogP contribution in [0.3, 0.4) is 0 Å². The topological polar surface area (TPSA) is 90.1 Å². The molecule has 0 aliphatic rings. The van der Waals surface area contributed by atoms with Gasteiger partial charge >= 0.3 is 0 Å². The Kier molecular flexibility index (Phi) is 22.3. The maximum absolute atomic E-state index is 5.24. The summed E-state index contributed by atoms with van der Waals surface area (Å²) in [5, 5.41) is 3.05. The lowest BCUT2D eigenvalue weighted by atomic mass is 10.0. The first-order valence-corrected chi connectivity index (χ1v) is 9.03. The highest BCUT2D eigenvalue weighted by Gasteiger charge is 1.93. The number of rotatable bonds is 9. The monoisotopic (exact) mass is 324 g/mol. The highest BCUT2D eigenvalue weighted by Crippen LogP contribution is 2.08. The van der Waals surface area contributed by atoms with E-state index in [4.69, 9.17) is 17.2 Å². The fourth-order valence-electron chi connectivity index (χ4n) is 1.98. The second-order valence-corrected chi connectivity index (χ2v) is 5.36. The van der Waals surface area contributed by atoms with Crippen molar-refractivity contribution in [2.24, 2.45) is 17.2 Å². The standard InChI is InChI=1S/C10H14.C5H14N2.C4H12N2/c1-3-9-7-5-6-8-10(9)4-2;1-7-5-3-2-4-6;5-3-1-2-4-6/h5-8H,3-4H2,1-2H3;7H,2-6H2,1H3;1-6H2. The van der Waals surface area contributed by atoms with E-state index >= 15 is 0 Å². The summed E-state index contributed by atoms with van der Waals surface area (Å²) in [6.07, 6.45) is 6.79. The summed E-state index contributed by atoms with van der Waals surface area (Å²) in [7, 11) is 1.95. The van der Waals surface area contributed by atoms with E-state index in [0.29, 0.717) is 0 Å². The molecule has 0 spiro atoms. The van der Waals surface area contributed by atoms with E-state index in [0.717, 1.165) is 58.3 Å². The zero-order chi connectivity index (χ0) is 17.8. The largest absolute Gasteiger partial charge is 0.330 e. The van der Waals surface area contributed by atoms with Crippen LogP contribution in [0.15, 0.2) is 24.3 Å². The molecule has 0 saturated heterocycles. The normalized spacial score (nSPS) is 9.48. The molecule has 0 radical (unpaired) electrons. The number of hydrogen-bond acceptors (Lipinski definition) is 4. The molecule has 0 aliphatic carbocycles. The number of nitrogens with one attached hydrogen (secondary N) is 1. The molecule has 0 fully saturated rings. The second kappa shape index (κ2) is 21.1. The number of benzene rings is 1. The molecule has 0 amide bonds. The lowest BCUT2D eigenvalue weighted by Gasteiger charge is -2.02. The van der Waals surface area contributed by atoms with Gasteiger partial charge in [-0.3, -0.25) is 0 Å². The lowest BCUT2D eigenvalue weighted by molar-refractivity contribution is 0.684. The predicted octanol–water partition coefficient (Wildman–Crippen LogP) is 2.44. The average molecular weight is 325 g/mol. The molecule has 0 aliphatic heterocycles. The molecule has 136 valence electrons. The van der Waals surface area contributed by atoms with Crippen molar-refractivity contribution in [1.82, 2.24) is 5.32 Å². The molecule has 0 bridgehead atoms. The van der Waals surface area contributed by atoms with Crippen molar-refractivity contribution in [3.05, 3.63) is 35.4 Å². The van der Waals surface area contributed by atoms with Crippen molar-refractivity contribution >= 4 is 0 Å². The third-order valence-corrected chi connectivity index (χ3v) is 3.42. The van der Waals surface area contributed by atoms with Crippen molar-refractivity contribution in [2.75, 3.05) is 33.2 Å². The molecule has 4 nitrogen and oxygen atoms in total. The maximum atomic E-state index is 5.24. The molecule has 7 N–H and O–H groups in total. The van der Waals surface area contributed by atoms with E-state index in [1.54, 1.807) is 0 Å². The van der Waals surface area contributed by atoms with Crippen LogP contribution in [-0.2, 0) is 12.8 Å². The summed E-state index contributed by atoms with van der Waals surface area (Å²) in [6, 6.07) is 8.63. The lowest BCUT2D eigenvalue weighted by Crippen LogP contribution is -2.09. The van der Waals surface area contributed by atoms with E-state index < -0.39 is 0 Å². The van der Waals surface area contributed by atoms with Crippen LogP contribution in [0.2, 0.25) is 0 Å². The Morgan fingerprint density at radius 2 is 1.13 bits per heavy atom. The fraction of sp³-hybridized carbons (Fsp3) is 0.684. The van der Waals surface area contributed by atoms with Crippen molar-refractivity contribution in [1.29, 1.82) is 0 Å². The summed E-state index contributed by atoms with van der Waals surface area (Å²) >= 11 is 0. The summed E-state index contributed by atoms with van der Waals surface area (Å²) in [6.45, 7) is 7.87. The Hall–Kier alpha value is -0.940. The van der Waals surface area contributed by atoms with Gasteiger partial charge in [0.05, 0.1) is 0 Å². The molecule has 0 saturated carbocycles. The molecule has 0 unspecified atom stereocenters. The molecular weight excluding hydrogens is 284 g/mol. The van der Waals surface area contributed by atoms with Gasteiger partial charge in [0.15, 0.2) is 0 Å². The number of aryl methyl sites for hydroxylation is 2. The number of unbranched alkanes of at least 4 members (excludes halogenated alkanes) is 2. The molecule has 1 rings (SSSR count). The van der Waals surface area contributed by atoms with Crippen molar-refractivity contribution in [2.45, 2.75) is 52.4 Å². The van der Waals surface area contributed by atoms with Gasteiger partial charge in [-0.1, -0.05) is 38.1 Å². The molecule has 23 heavy (non-hydrogen) atoms. The molecule has 0 atom stereocenters. The predicted molar refractivity (Wildman–Crippen MR) is 105 cm³/mol. The minimum absolute atomic E-state index is 0.775. The van der Waals surface area contributed by atoms with Crippen LogP contribution in [0, 0.1) is 0 Å². The molecule has 0 aromatic heterocycles. The Labute approximate surface area is 144 Å². The van der Waals surface area contributed by atoms with Crippen molar-refractivity contribution in [3.8, 4) is 0 Å². The zero-order valence-electron chi connectivity index (χ0n) is 15.6. The second-order valence-electron chi connectivity index (χ2n) is 5.36. The minimum atomic E-state index is 0.775. The zero-order valence-corrected chi connectivity index (χ0v) is 15.6. The Morgan fingerprint density at radius 1 is 0.739 bits per heavy atom. The summed E-state index contributed by atoms with van der Waals surface area (Å²) in [5.41, 5.74) is 18.5. The van der Waals surface area contributed by atoms with Gasteiger partial charge in [0.2, 0.25) is 0 Å². The molecule has 1 aromatic carbocycles. The van der Waals surface area contributed by atoms with Gasteiger partial charge in [0, 0.05) is 0 Å². The number of hydrogen-bond donors (Lipinski definition) is 4. The summed E-state index contributed by atoms with van der Waals surface area (Å²) < 4.78 is 0. The van der Waals surface area contributed by atoms with Crippen LogP contribution in [0.1, 0.15) is 50.7 Å². The van der Waals surface area contributed by atoms with E-state index in [1.807, 2.05) is 7.05 Å². The molecule has 4 heteroatoms. The highest BCUT2D eigenvalue weighted by molar-refractivity contribution is 5.26. The van der Waals surface area contributed by atoms with Gasteiger partial charge in [-0.15, -0.1) is 0 Å². The van der Waals surface area contributed by atoms with Crippen molar-refractivity contribution in [3.63, 3.8) is 0 Å². The Balaban J connectivity index is 0. The van der Waals surface area contributed by atoms with E-state index in [1.165, 1.54) is 17.5 Å². The van der Waals surface area contributed by atoms with Gasteiger partial charge in [-0.05, 0) is 82.9 Å². The van der Waals surface area contributed by atoms with Crippen molar-refractivity contribution < 1.29 is 0 Å². The van der Waals surface area contributed by atoms with E-state index in [-0.39, 0.29) is 0 Å². The smallest absolute Gasteiger partial charge is 0.00515 e. The summed E-state index contributed by atoms with van der Waals surface area (Å²) in [4.78, 5) is 0. The van der Waals surface area contributed by atoms with Crippen LogP contribution in [0.4, 0.5) is 0 Å². The quantitative estimate of drug-likeness (QED) is 0.525. The van der Waals surface area contributed by atoms with Gasteiger partial charge in [0.25, 0.3) is 0 Å². The third-order valence-electron chi connectivity index (χ3n) is 3.42. The van der Waals surface area contributed by atoms with Crippen LogP contribution >= 0.6 is 0 Å². The van der Waals surface area contributed by atoms with Gasteiger partial charge in [-0.2, -0.15) is 0 Å². The van der Waals surface area contributed by atoms with E-state index in [2.05, 4.69) is 43.4 Å². The van der Waals surface area contributed by atoms with Crippen LogP contribution in [-0.4, -0.2) is 33.2 Å². The van der Waals surface area contributed by atoms with Crippen LogP contribution in [0.25, 0.3) is 0 Å². The van der Waals surface area contributed by atoms with Gasteiger partial charge in [0.1, 0.15) is 0 Å². The highest BCUT2D eigenvalue weighted by atomic mass is 14.8. The first-order chi connectivity index (χ1) is 11.2. The Bertz CT molecular complexity index is 298. The summed E-state index contributed by atoms with van der Waals surface area (Å²) in [5.74, 6) is 0. The van der Waals surface area contributed by atoms with Gasteiger partial charge < -0.3 is 22.5 Å². The SMILES string of the molecule is CCc1ccccc1CC.CNCCCCN.NCCCCN. The third kappa shape index (κ3) is 17.2. The maximum Gasteiger partial charge on any atom is -0.00515 e. The van der Waals surface area contributed by atoms with E-state index in [9.17, 15) is 0 Å². The van der Waals surface area contributed by atoms with Gasteiger partial charge in [-0.25, -0.2) is 0 Å². The van der Waals surface area contributed by atoms with Crippen LogP contribution in [0.5, 0.6) is 0 Å². The first kappa shape index (κ1) is 24.3. The molecule has 1 aromatic rings. The first-order valence-electron chi connectivity index (χ1n) is 9.03. The molecular formula is C19H40N4. The number of nitrogens with two attached hydrogens (primary N) is 3.